The number of ether oxygens (including phenoxy) is 3. The van der Waals surface area contributed by atoms with Gasteiger partial charge in [-0.3, -0.25) is 9.88 Å². The molecule has 1 saturated carbocycles. The number of anilines is 1. The molecule has 2 aliphatic heterocycles. The lowest BCUT2D eigenvalue weighted by atomic mass is 9.95. The zero-order valence-electron chi connectivity index (χ0n) is 22.6. The van der Waals surface area contributed by atoms with E-state index in [9.17, 15) is 19.6 Å². The smallest absolute Gasteiger partial charge is 0.414 e. The summed E-state index contributed by atoms with van der Waals surface area (Å²) >= 11 is 0. The first-order valence-electron chi connectivity index (χ1n) is 12.9. The molecule has 1 aromatic heterocycles. The standard InChI is InChI=1S/C28H30FN5O6/c1-27(2,3)40-25(36)33-13-20-21(14-33)28(20,15-30)23-8-5-16(10-31-23)19-7-6-17(9-22(19)29)34-12-18(39-26(34)37)11-32-24(35)38-4/h5-10,18,20-21H,11-14H2,1-4H3,(H,32,35)/t18-,20-,21+,28+/m0/s1. The van der Waals surface area contributed by atoms with Crippen LogP contribution in [0.3, 0.4) is 0 Å². The SMILES string of the molecule is COC(=O)NC[C@H]1CN(c2ccc(-c3ccc([C@@]4(C#N)[C@@H]5CN(C(=O)OC(C)(C)C)C[C@@H]54)nc3)c(F)c2)C(=O)O1. The highest BCUT2D eigenvalue weighted by atomic mass is 19.1. The van der Waals surface area contributed by atoms with Gasteiger partial charge in [0.1, 0.15) is 22.9 Å². The number of piperidine rings is 1. The fraction of sp³-hybridized carbons (Fsp3) is 0.464. The Hall–Kier alpha value is -4.40. The molecule has 3 heterocycles. The summed E-state index contributed by atoms with van der Waals surface area (Å²) in [5, 5.41) is 12.5. The van der Waals surface area contributed by atoms with E-state index in [-0.39, 0.29) is 36.6 Å². The monoisotopic (exact) mass is 551 g/mol. The van der Waals surface area contributed by atoms with E-state index < -0.39 is 35.1 Å². The summed E-state index contributed by atoms with van der Waals surface area (Å²) in [7, 11) is 1.23. The molecule has 210 valence electrons. The Bertz CT molecular complexity index is 1370. The Labute approximate surface area is 230 Å². The van der Waals surface area contributed by atoms with Crippen LogP contribution in [-0.4, -0.2) is 73.2 Å². The van der Waals surface area contributed by atoms with Gasteiger partial charge < -0.3 is 24.4 Å². The third-order valence-corrected chi connectivity index (χ3v) is 7.51. The largest absolute Gasteiger partial charge is 0.453 e. The van der Waals surface area contributed by atoms with E-state index in [1.165, 1.54) is 24.3 Å². The van der Waals surface area contributed by atoms with Crippen molar-refractivity contribution in [3.8, 4) is 17.2 Å². The minimum Gasteiger partial charge on any atom is -0.453 e. The van der Waals surface area contributed by atoms with E-state index in [2.05, 4.69) is 21.1 Å². The molecule has 0 unspecified atom stereocenters. The molecule has 3 aliphatic rings. The van der Waals surface area contributed by atoms with E-state index in [1.54, 1.807) is 29.2 Å². The number of hydrogen-bond acceptors (Lipinski definition) is 8. The Morgan fingerprint density at radius 1 is 1.23 bits per heavy atom. The molecule has 1 N–H and O–H groups in total. The van der Waals surface area contributed by atoms with Crippen molar-refractivity contribution in [1.29, 1.82) is 5.26 Å². The molecule has 12 heteroatoms. The first-order chi connectivity index (χ1) is 19.0. The summed E-state index contributed by atoms with van der Waals surface area (Å²) in [6.45, 7) is 6.49. The van der Waals surface area contributed by atoms with Gasteiger partial charge >= 0.3 is 18.3 Å². The molecule has 40 heavy (non-hydrogen) atoms. The minimum absolute atomic E-state index is 0.0359. The van der Waals surface area contributed by atoms with Gasteiger partial charge in [0.25, 0.3) is 0 Å². The third-order valence-electron chi connectivity index (χ3n) is 7.51. The maximum absolute atomic E-state index is 15.2. The Balaban J connectivity index is 1.25. The maximum Gasteiger partial charge on any atom is 0.414 e. The van der Waals surface area contributed by atoms with E-state index >= 15 is 4.39 Å². The number of cyclic esters (lactones) is 1. The van der Waals surface area contributed by atoms with E-state index in [4.69, 9.17) is 9.47 Å². The number of methoxy groups -OCH3 is 1. The summed E-state index contributed by atoms with van der Waals surface area (Å²) < 4.78 is 30.4. The summed E-state index contributed by atoms with van der Waals surface area (Å²) in [6.07, 6.45) is -0.735. The van der Waals surface area contributed by atoms with Gasteiger partial charge in [0, 0.05) is 42.2 Å². The van der Waals surface area contributed by atoms with Gasteiger partial charge in [-0.25, -0.2) is 18.8 Å². The number of alkyl carbamates (subject to hydrolysis) is 1. The second kappa shape index (κ2) is 9.97. The van der Waals surface area contributed by atoms with Gasteiger partial charge in [-0.05, 0) is 45.0 Å². The number of nitriles is 1. The van der Waals surface area contributed by atoms with Crippen LogP contribution >= 0.6 is 0 Å². The predicted molar refractivity (Wildman–Crippen MR) is 140 cm³/mol. The third kappa shape index (κ3) is 4.87. The van der Waals surface area contributed by atoms with Crippen LogP contribution in [0, 0.1) is 29.0 Å². The molecule has 3 fully saturated rings. The van der Waals surface area contributed by atoms with Crippen molar-refractivity contribution in [2.45, 2.75) is 37.9 Å². The van der Waals surface area contributed by atoms with E-state index in [0.29, 0.717) is 30.0 Å². The van der Waals surface area contributed by atoms with Gasteiger partial charge in [-0.15, -0.1) is 0 Å². The molecular weight excluding hydrogens is 521 g/mol. The topological polar surface area (TPSA) is 134 Å². The highest BCUT2D eigenvalue weighted by molar-refractivity contribution is 5.90. The number of benzene rings is 1. The van der Waals surface area contributed by atoms with Crippen molar-refractivity contribution in [2.24, 2.45) is 11.8 Å². The van der Waals surface area contributed by atoms with Crippen LogP contribution < -0.4 is 10.2 Å². The number of nitrogens with zero attached hydrogens (tertiary/aromatic N) is 4. The molecule has 0 spiro atoms. The van der Waals surface area contributed by atoms with Gasteiger partial charge in [0.2, 0.25) is 0 Å². The Morgan fingerprint density at radius 3 is 2.52 bits per heavy atom. The van der Waals surface area contributed by atoms with Crippen LogP contribution in [0.4, 0.5) is 24.5 Å². The second-order valence-electron chi connectivity index (χ2n) is 11.2. The molecular formula is C28H30FN5O6. The number of carbonyl (C=O) groups is 3. The first kappa shape index (κ1) is 27.2. The van der Waals surface area contributed by atoms with Crippen LogP contribution in [0.25, 0.3) is 11.1 Å². The molecule has 4 atom stereocenters. The van der Waals surface area contributed by atoms with Crippen molar-refractivity contribution in [3.63, 3.8) is 0 Å². The van der Waals surface area contributed by atoms with Crippen LogP contribution in [0.15, 0.2) is 36.5 Å². The van der Waals surface area contributed by atoms with Gasteiger partial charge in [-0.2, -0.15) is 5.26 Å². The van der Waals surface area contributed by atoms with Crippen LogP contribution in [0.5, 0.6) is 0 Å². The fourth-order valence-corrected chi connectivity index (χ4v) is 5.52. The number of fused-ring (bicyclic) bond motifs is 1. The lowest BCUT2D eigenvalue weighted by molar-refractivity contribution is 0.0265. The summed E-state index contributed by atoms with van der Waals surface area (Å²) in [6, 6.07) is 10.3. The molecule has 1 aromatic carbocycles. The van der Waals surface area contributed by atoms with Crippen molar-refractivity contribution in [2.75, 3.05) is 38.2 Å². The number of aromatic nitrogens is 1. The molecule has 1 aliphatic carbocycles. The highest BCUT2D eigenvalue weighted by Crippen LogP contribution is 2.62. The molecule has 0 bridgehead atoms. The van der Waals surface area contributed by atoms with Crippen LogP contribution in [-0.2, 0) is 19.6 Å². The zero-order valence-corrected chi connectivity index (χ0v) is 22.6. The zero-order chi connectivity index (χ0) is 28.8. The highest BCUT2D eigenvalue weighted by Gasteiger charge is 2.71. The molecule has 5 rings (SSSR count). The molecule has 2 saturated heterocycles. The van der Waals surface area contributed by atoms with Gasteiger partial charge in [-0.1, -0.05) is 6.07 Å². The van der Waals surface area contributed by atoms with Gasteiger partial charge in [0.05, 0.1) is 37.6 Å². The first-order valence-corrected chi connectivity index (χ1v) is 12.9. The number of halogens is 1. The Kier molecular flexibility index (Phi) is 6.77. The van der Waals surface area contributed by atoms with Crippen molar-refractivity contribution in [3.05, 3.63) is 48.0 Å². The number of pyridine rings is 1. The second-order valence-corrected chi connectivity index (χ2v) is 11.2. The Morgan fingerprint density at radius 2 is 1.95 bits per heavy atom. The van der Waals surface area contributed by atoms with Crippen LogP contribution in [0.2, 0.25) is 0 Å². The summed E-state index contributed by atoms with van der Waals surface area (Å²) in [5.74, 6) is -0.625. The predicted octanol–water partition coefficient (Wildman–Crippen LogP) is 3.83. The fourth-order valence-electron chi connectivity index (χ4n) is 5.52. The quantitative estimate of drug-likeness (QED) is 0.555. The summed E-state index contributed by atoms with van der Waals surface area (Å²) in [4.78, 5) is 43.4. The molecule has 3 amide bonds. The lowest BCUT2D eigenvalue weighted by Crippen LogP contribution is -2.39. The molecule has 11 nitrogen and oxygen atoms in total. The average Bonchev–Trinajstić information content (AvgIpc) is 3.19. The van der Waals surface area contributed by atoms with Crippen molar-refractivity contribution < 1.29 is 33.0 Å². The number of hydrogen-bond donors (Lipinski definition) is 1. The minimum atomic E-state index is -0.783. The van der Waals surface area contributed by atoms with E-state index in [1.807, 2.05) is 20.8 Å². The van der Waals surface area contributed by atoms with Crippen molar-refractivity contribution in [1.82, 2.24) is 15.2 Å². The normalized spacial score (nSPS) is 25.1. The number of carbonyl (C=O) groups excluding carboxylic acids is 3. The lowest BCUT2D eigenvalue weighted by Gasteiger charge is -2.27. The number of amides is 3. The number of rotatable bonds is 5. The number of likely N-dealkylation sites (tertiary alicyclic amines) is 1. The maximum atomic E-state index is 15.2. The molecule has 0 radical (unpaired) electrons. The molecule has 2 aromatic rings. The average molecular weight is 552 g/mol. The van der Waals surface area contributed by atoms with E-state index in [0.717, 1.165) is 0 Å². The van der Waals surface area contributed by atoms with Crippen molar-refractivity contribution >= 4 is 24.0 Å². The van der Waals surface area contributed by atoms with Gasteiger partial charge in [0.15, 0.2) is 0 Å². The number of nitrogens with one attached hydrogen (secondary N) is 1. The summed E-state index contributed by atoms with van der Waals surface area (Å²) in [5.41, 5.74) is 0.351. The van der Waals surface area contributed by atoms with Crippen LogP contribution in [0.1, 0.15) is 26.5 Å².